The predicted molar refractivity (Wildman–Crippen MR) is 71.1 cm³/mol. The van der Waals surface area contributed by atoms with E-state index in [4.69, 9.17) is 0 Å². The van der Waals surface area contributed by atoms with Crippen LogP contribution >= 0.6 is 22.6 Å². The number of carbonyl (C=O) groups is 1. The fraction of sp³-hybridized carbons (Fsp3) is 0.917. The van der Waals surface area contributed by atoms with Crippen LogP contribution in [0, 0.1) is 5.92 Å². The van der Waals surface area contributed by atoms with Crippen molar-refractivity contribution in [1.82, 2.24) is 0 Å². The predicted octanol–water partition coefficient (Wildman–Crippen LogP) is 4.38. The van der Waals surface area contributed by atoms with E-state index < -0.39 is 0 Å². The molecular weight excluding hydrogens is 287 g/mol. The first-order valence-corrected chi connectivity index (χ1v) is 7.28. The van der Waals surface area contributed by atoms with Crippen LogP contribution < -0.4 is 0 Å². The molecule has 0 heterocycles. The van der Waals surface area contributed by atoms with Crippen LogP contribution in [0.2, 0.25) is 0 Å². The highest BCUT2D eigenvalue weighted by Gasteiger charge is 2.10. The molecule has 1 unspecified atom stereocenters. The Morgan fingerprint density at radius 3 is 2.36 bits per heavy atom. The number of carbonyl (C=O) groups excluding carboxylic acids is 1. The maximum absolute atomic E-state index is 11.0. The van der Waals surface area contributed by atoms with E-state index in [2.05, 4.69) is 29.5 Å². The number of halogens is 1. The van der Waals surface area contributed by atoms with Gasteiger partial charge in [0, 0.05) is 6.42 Å². The first-order valence-electron chi connectivity index (χ1n) is 5.76. The van der Waals surface area contributed by atoms with Crippen LogP contribution in [-0.4, -0.2) is 10.2 Å². The topological polar surface area (TPSA) is 17.1 Å². The van der Waals surface area contributed by atoms with Gasteiger partial charge in [-0.25, -0.2) is 0 Å². The molecule has 0 fully saturated rings. The Hall–Kier alpha value is 0.400. The summed E-state index contributed by atoms with van der Waals surface area (Å²) in [6.07, 6.45) is 8.44. The highest BCUT2D eigenvalue weighted by Crippen LogP contribution is 2.20. The number of ketones is 1. The Balaban J connectivity index is 3.66. The molecule has 0 aromatic heterocycles. The third kappa shape index (κ3) is 8.97. The van der Waals surface area contributed by atoms with E-state index in [0.717, 1.165) is 6.42 Å². The maximum atomic E-state index is 11.0. The van der Waals surface area contributed by atoms with E-state index >= 15 is 0 Å². The Morgan fingerprint density at radius 2 is 1.86 bits per heavy atom. The summed E-state index contributed by atoms with van der Waals surface area (Å²) in [7, 11) is 0. The number of alkyl halides is 1. The Morgan fingerprint density at radius 1 is 1.21 bits per heavy atom. The van der Waals surface area contributed by atoms with Crippen molar-refractivity contribution in [3.63, 3.8) is 0 Å². The lowest BCUT2D eigenvalue weighted by atomic mass is 9.91. The van der Waals surface area contributed by atoms with Crippen molar-refractivity contribution in [1.29, 1.82) is 0 Å². The minimum atomic E-state index is 0.362. The second-order valence-electron chi connectivity index (χ2n) is 4.10. The Labute approximate surface area is 102 Å². The molecule has 0 N–H and O–H groups in total. The summed E-state index contributed by atoms with van der Waals surface area (Å²) in [4.78, 5) is 11.0. The van der Waals surface area contributed by atoms with E-state index in [1.165, 1.54) is 43.0 Å². The van der Waals surface area contributed by atoms with E-state index in [9.17, 15) is 4.79 Å². The molecule has 84 valence electrons. The average molecular weight is 310 g/mol. The van der Waals surface area contributed by atoms with Crippen molar-refractivity contribution in [2.45, 2.75) is 58.8 Å². The van der Waals surface area contributed by atoms with Crippen molar-refractivity contribution in [3.05, 3.63) is 0 Å². The summed E-state index contributed by atoms with van der Waals surface area (Å²) in [6.45, 7) is 3.94. The lowest BCUT2D eigenvalue weighted by Gasteiger charge is -2.14. The van der Waals surface area contributed by atoms with Crippen LogP contribution in [0.1, 0.15) is 58.8 Å². The molecule has 2 heteroatoms. The first kappa shape index (κ1) is 14.4. The van der Waals surface area contributed by atoms with Crippen molar-refractivity contribution in [2.24, 2.45) is 5.92 Å². The van der Waals surface area contributed by atoms with Gasteiger partial charge in [0.1, 0.15) is 5.78 Å². The Kier molecular flexibility index (Phi) is 10.2. The highest BCUT2D eigenvalue weighted by molar-refractivity contribution is 14.1. The molecule has 0 aliphatic carbocycles. The number of hydrogen-bond acceptors (Lipinski definition) is 1. The van der Waals surface area contributed by atoms with Crippen LogP contribution in [0.15, 0.2) is 0 Å². The summed E-state index contributed by atoms with van der Waals surface area (Å²) in [5.41, 5.74) is 0. The zero-order valence-electron chi connectivity index (χ0n) is 9.52. The van der Waals surface area contributed by atoms with Crippen LogP contribution in [0.4, 0.5) is 0 Å². The number of hydrogen-bond donors (Lipinski definition) is 0. The monoisotopic (exact) mass is 310 g/mol. The molecule has 0 aromatic carbocycles. The van der Waals surface area contributed by atoms with Gasteiger partial charge >= 0.3 is 0 Å². The lowest BCUT2D eigenvalue weighted by Crippen LogP contribution is -2.06. The largest absolute Gasteiger partial charge is 0.300 e. The van der Waals surface area contributed by atoms with Gasteiger partial charge in [-0.3, -0.25) is 0 Å². The van der Waals surface area contributed by atoms with E-state index in [0.29, 0.717) is 11.7 Å². The van der Waals surface area contributed by atoms with Crippen LogP contribution in [-0.2, 0) is 4.79 Å². The van der Waals surface area contributed by atoms with E-state index in [-0.39, 0.29) is 0 Å². The summed E-state index contributed by atoms with van der Waals surface area (Å²) in [5, 5.41) is 0. The highest BCUT2D eigenvalue weighted by atomic mass is 127. The molecule has 0 aromatic rings. The summed E-state index contributed by atoms with van der Waals surface area (Å²) < 4.78 is 1.25. The molecule has 0 radical (unpaired) electrons. The maximum Gasteiger partial charge on any atom is 0.130 e. The molecule has 0 amide bonds. The second kappa shape index (κ2) is 9.94. The minimum absolute atomic E-state index is 0.362. The van der Waals surface area contributed by atoms with Gasteiger partial charge in [-0.1, -0.05) is 55.2 Å². The van der Waals surface area contributed by atoms with Gasteiger partial charge < -0.3 is 4.79 Å². The third-order valence-corrected chi connectivity index (χ3v) is 3.30. The second-order valence-corrected chi connectivity index (χ2v) is 5.18. The fourth-order valence-corrected chi connectivity index (χ4v) is 2.31. The van der Waals surface area contributed by atoms with Gasteiger partial charge in [-0.2, -0.15) is 0 Å². The average Bonchev–Trinajstić information content (AvgIpc) is 2.13. The normalized spacial score (nSPS) is 12.8. The Bertz CT molecular complexity index is 145. The van der Waals surface area contributed by atoms with E-state index in [1.807, 2.05) is 0 Å². The standard InChI is InChI=1S/C12H23IO/c1-3-4-7-12(10-11(2)14)8-5-6-9-13/h12H,3-10H2,1-2H3. The van der Waals surface area contributed by atoms with Crippen molar-refractivity contribution < 1.29 is 4.79 Å². The van der Waals surface area contributed by atoms with Gasteiger partial charge in [0.05, 0.1) is 0 Å². The molecule has 0 aliphatic heterocycles. The zero-order valence-corrected chi connectivity index (χ0v) is 11.7. The summed E-state index contributed by atoms with van der Waals surface area (Å²) in [6, 6.07) is 0. The molecular formula is C12H23IO. The molecule has 0 aliphatic rings. The zero-order chi connectivity index (χ0) is 10.8. The third-order valence-electron chi connectivity index (χ3n) is 2.54. The van der Waals surface area contributed by atoms with Crippen LogP contribution in [0.25, 0.3) is 0 Å². The molecule has 1 nitrogen and oxygen atoms in total. The van der Waals surface area contributed by atoms with Crippen molar-refractivity contribution >= 4 is 28.4 Å². The quantitative estimate of drug-likeness (QED) is 0.351. The number of unbranched alkanes of at least 4 members (excludes halogenated alkanes) is 2. The minimum Gasteiger partial charge on any atom is -0.300 e. The molecule has 0 spiro atoms. The summed E-state index contributed by atoms with van der Waals surface area (Å²) >= 11 is 2.42. The lowest BCUT2D eigenvalue weighted by molar-refractivity contribution is -0.118. The van der Waals surface area contributed by atoms with Gasteiger partial charge in [0.15, 0.2) is 0 Å². The van der Waals surface area contributed by atoms with E-state index in [1.54, 1.807) is 6.92 Å². The molecule has 14 heavy (non-hydrogen) atoms. The molecule has 0 saturated carbocycles. The first-order chi connectivity index (χ1) is 6.70. The van der Waals surface area contributed by atoms with Gasteiger partial charge in [-0.05, 0) is 30.1 Å². The number of Topliss-reactive ketones (excluding diaryl/α,β-unsaturated/α-hetero) is 1. The fourth-order valence-electron chi connectivity index (χ4n) is 1.78. The van der Waals surface area contributed by atoms with Crippen LogP contribution in [0.5, 0.6) is 0 Å². The summed E-state index contributed by atoms with van der Waals surface area (Å²) in [5.74, 6) is 1.02. The van der Waals surface area contributed by atoms with Crippen molar-refractivity contribution in [2.75, 3.05) is 4.43 Å². The van der Waals surface area contributed by atoms with Gasteiger partial charge in [-0.15, -0.1) is 0 Å². The SMILES string of the molecule is CCCCC(CCCCI)CC(C)=O. The van der Waals surface area contributed by atoms with Crippen molar-refractivity contribution in [3.8, 4) is 0 Å². The molecule has 1 atom stereocenters. The molecule has 0 rings (SSSR count). The van der Waals surface area contributed by atoms with Crippen LogP contribution in [0.3, 0.4) is 0 Å². The molecule has 0 bridgehead atoms. The van der Waals surface area contributed by atoms with Gasteiger partial charge in [0.2, 0.25) is 0 Å². The molecule has 0 saturated heterocycles. The smallest absolute Gasteiger partial charge is 0.130 e. The number of rotatable bonds is 9. The van der Waals surface area contributed by atoms with Gasteiger partial charge in [0.25, 0.3) is 0 Å².